The number of benzene rings is 1. The minimum Gasteiger partial charge on any atom is -0.301 e. The van der Waals surface area contributed by atoms with Crippen LogP contribution in [0.4, 0.5) is 5.13 Å². The van der Waals surface area contributed by atoms with Crippen molar-refractivity contribution in [2.24, 2.45) is 0 Å². The fourth-order valence-corrected chi connectivity index (χ4v) is 2.46. The number of hydrogen-bond donors (Lipinski definition) is 1. The molecule has 0 unspecified atom stereocenters. The van der Waals surface area contributed by atoms with Gasteiger partial charge in [-0.3, -0.25) is 4.79 Å². The van der Waals surface area contributed by atoms with Gasteiger partial charge in [0.15, 0.2) is 0 Å². The van der Waals surface area contributed by atoms with Crippen LogP contribution in [0.25, 0.3) is 0 Å². The molecule has 0 aliphatic heterocycles. The van der Waals surface area contributed by atoms with E-state index in [4.69, 9.17) is 0 Å². The molecular weight excluding hydrogens is 270 g/mol. The zero-order valence-electron chi connectivity index (χ0n) is 11.4. The zero-order chi connectivity index (χ0) is 14.4. The van der Waals surface area contributed by atoms with Gasteiger partial charge in [-0.2, -0.15) is 0 Å². The van der Waals surface area contributed by atoms with Gasteiger partial charge in [0, 0.05) is 12.8 Å². The van der Waals surface area contributed by atoms with Crippen LogP contribution >= 0.6 is 11.3 Å². The summed E-state index contributed by atoms with van der Waals surface area (Å²) in [7, 11) is 0. The summed E-state index contributed by atoms with van der Waals surface area (Å²) in [5.41, 5.74) is 2.43. The lowest BCUT2D eigenvalue weighted by Crippen LogP contribution is -2.10. The van der Waals surface area contributed by atoms with E-state index in [1.54, 1.807) is 6.08 Å². The van der Waals surface area contributed by atoms with E-state index in [9.17, 15) is 4.79 Å². The van der Waals surface area contributed by atoms with E-state index in [1.807, 2.05) is 0 Å². The smallest absolute Gasteiger partial charge is 0.226 e. The Morgan fingerprint density at radius 2 is 2.10 bits per heavy atom. The predicted octanol–water partition coefficient (Wildman–Crippen LogP) is 3.34. The van der Waals surface area contributed by atoms with Crippen LogP contribution in [-0.2, 0) is 11.2 Å². The Kier molecular flexibility index (Phi) is 5.01. The van der Waals surface area contributed by atoms with Crippen LogP contribution in [0, 0.1) is 6.92 Å². The third kappa shape index (κ3) is 4.28. The highest BCUT2D eigenvalue weighted by atomic mass is 32.1. The predicted molar refractivity (Wildman–Crippen MR) is 82.0 cm³/mol. The minimum atomic E-state index is -0.0528. The minimum absolute atomic E-state index is 0.0528. The van der Waals surface area contributed by atoms with Crippen molar-refractivity contribution in [1.29, 1.82) is 0 Å². The first kappa shape index (κ1) is 14.4. The number of carbonyl (C=O) groups excluding carboxylic acids is 1. The van der Waals surface area contributed by atoms with Crippen LogP contribution < -0.4 is 5.32 Å². The Hall–Kier alpha value is -2.01. The second-order valence-electron chi connectivity index (χ2n) is 4.54. The molecule has 5 heteroatoms. The van der Waals surface area contributed by atoms with Gasteiger partial charge < -0.3 is 5.32 Å². The summed E-state index contributed by atoms with van der Waals surface area (Å²) in [6.07, 6.45) is 3.56. The topological polar surface area (TPSA) is 54.9 Å². The summed E-state index contributed by atoms with van der Waals surface area (Å²) >= 11 is 1.41. The highest BCUT2D eigenvalue weighted by Crippen LogP contribution is 2.19. The summed E-state index contributed by atoms with van der Waals surface area (Å²) in [6, 6.07) is 8.32. The number of hydrogen-bond acceptors (Lipinski definition) is 4. The van der Waals surface area contributed by atoms with Gasteiger partial charge in [0.2, 0.25) is 11.0 Å². The Balaban J connectivity index is 1.93. The molecule has 4 nitrogen and oxygen atoms in total. The number of nitrogens with one attached hydrogen (secondary N) is 1. The number of allylic oxidation sites excluding steroid dienone is 1. The molecule has 1 amide bonds. The molecule has 0 aliphatic carbocycles. The maximum absolute atomic E-state index is 11.6. The molecule has 2 rings (SSSR count). The van der Waals surface area contributed by atoms with E-state index < -0.39 is 0 Å². The maximum atomic E-state index is 11.6. The number of carbonyl (C=O) groups is 1. The third-order valence-corrected chi connectivity index (χ3v) is 3.60. The average molecular weight is 287 g/mol. The van der Waals surface area contributed by atoms with Gasteiger partial charge in [-0.15, -0.1) is 16.8 Å². The van der Waals surface area contributed by atoms with E-state index in [1.165, 1.54) is 22.5 Å². The lowest BCUT2D eigenvalue weighted by molar-refractivity contribution is -0.116. The van der Waals surface area contributed by atoms with Gasteiger partial charge in [0.05, 0.1) is 0 Å². The molecule has 0 saturated carbocycles. The van der Waals surface area contributed by atoms with E-state index in [-0.39, 0.29) is 5.91 Å². The monoisotopic (exact) mass is 287 g/mol. The van der Waals surface area contributed by atoms with Crippen molar-refractivity contribution >= 4 is 22.4 Å². The lowest BCUT2D eigenvalue weighted by atomic mass is 10.1. The first-order valence-electron chi connectivity index (χ1n) is 6.46. The Morgan fingerprint density at radius 3 is 2.80 bits per heavy atom. The average Bonchev–Trinajstić information content (AvgIpc) is 2.86. The molecule has 0 saturated heterocycles. The van der Waals surface area contributed by atoms with Crippen LogP contribution in [0.2, 0.25) is 0 Å². The quantitative estimate of drug-likeness (QED) is 0.829. The molecule has 20 heavy (non-hydrogen) atoms. The first-order valence-corrected chi connectivity index (χ1v) is 7.27. The van der Waals surface area contributed by atoms with Crippen LogP contribution in [0.5, 0.6) is 0 Å². The van der Waals surface area contributed by atoms with Crippen LogP contribution in [0.3, 0.4) is 0 Å². The first-order chi connectivity index (χ1) is 9.67. The molecule has 0 atom stereocenters. The van der Waals surface area contributed by atoms with Gasteiger partial charge in [-0.25, -0.2) is 0 Å². The molecule has 1 aromatic carbocycles. The van der Waals surface area contributed by atoms with Gasteiger partial charge in [-0.05, 0) is 18.9 Å². The van der Waals surface area contributed by atoms with Crippen molar-refractivity contribution in [3.05, 3.63) is 53.1 Å². The van der Waals surface area contributed by atoms with Crippen LogP contribution in [-0.4, -0.2) is 16.1 Å². The second-order valence-corrected chi connectivity index (χ2v) is 5.60. The highest BCUT2D eigenvalue weighted by Gasteiger charge is 2.08. The van der Waals surface area contributed by atoms with Crippen molar-refractivity contribution in [2.45, 2.75) is 26.2 Å². The van der Waals surface area contributed by atoms with Crippen molar-refractivity contribution in [3.63, 3.8) is 0 Å². The lowest BCUT2D eigenvalue weighted by Gasteiger charge is -1.98. The van der Waals surface area contributed by atoms with E-state index >= 15 is 0 Å². The third-order valence-electron chi connectivity index (χ3n) is 2.76. The fraction of sp³-hybridized carbons (Fsp3) is 0.267. The second kappa shape index (κ2) is 6.96. The normalized spacial score (nSPS) is 10.2. The maximum Gasteiger partial charge on any atom is 0.226 e. The molecule has 0 fully saturated rings. The molecule has 0 spiro atoms. The van der Waals surface area contributed by atoms with Gasteiger partial charge >= 0.3 is 0 Å². The molecular formula is C15H17N3OS. The standard InChI is InChI=1S/C15H17N3OS/c1-3-4-5-13(19)16-15-18-17-14(20-15)10-12-8-6-11(2)7-9-12/h3,6-9H,1,4-5,10H2,2H3,(H,16,18,19). The van der Waals surface area contributed by atoms with Gasteiger partial charge in [0.1, 0.15) is 5.01 Å². The van der Waals surface area contributed by atoms with Crippen molar-refractivity contribution in [1.82, 2.24) is 10.2 Å². The number of aryl methyl sites for hydroxylation is 1. The van der Waals surface area contributed by atoms with E-state index in [0.717, 1.165) is 11.4 Å². The molecule has 1 aromatic heterocycles. The molecule has 0 radical (unpaired) electrons. The number of rotatable bonds is 6. The Morgan fingerprint density at radius 1 is 1.35 bits per heavy atom. The molecule has 104 valence electrons. The zero-order valence-corrected chi connectivity index (χ0v) is 12.2. The number of amides is 1. The molecule has 2 aromatic rings. The summed E-state index contributed by atoms with van der Waals surface area (Å²) in [5.74, 6) is -0.0528. The van der Waals surface area contributed by atoms with Crippen molar-refractivity contribution in [3.8, 4) is 0 Å². The fourth-order valence-electron chi connectivity index (χ4n) is 1.67. The number of anilines is 1. The number of nitrogens with zero attached hydrogens (tertiary/aromatic N) is 2. The molecule has 0 bridgehead atoms. The largest absolute Gasteiger partial charge is 0.301 e. The van der Waals surface area contributed by atoms with Crippen LogP contribution in [0.15, 0.2) is 36.9 Å². The summed E-state index contributed by atoms with van der Waals surface area (Å²) in [5, 5.41) is 12.3. The van der Waals surface area contributed by atoms with Gasteiger partial charge in [-0.1, -0.05) is 47.2 Å². The van der Waals surface area contributed by atoms with Gasteiger partial charge in [0.25, 0.3) is 0 Å². The number of aromatic nitrogens is 2. The Labute approximate surface area is 122 Å². The van der Waals surface area contributed by atoms with Crippen molar-refractivity contribution in [2.75, 3.05) is 5.32 Å². The van der Waals surface area contributed by atoms with Crippen molar-refractivity contribution < 1.29 is 4.79 Å². The summed E-state index contributed by atoms with van der Waals surface area (Å²) < 4.78 is 0. The van der Waals surface area contributed by atoms with E-state index in [2.05, 4.69) is 53.3 Å². The Bertz CT molecular complexity index is 589. The van der Waals surface area contributed by atoms with Crippen LogP contribution in [0.1, 0.15) is 29.0 Å². The molecule has 0 aliphatic rings. The summed E-state index contributed by atoms with van der Waals surface area (Å²) in [6.45, 7) is 5.65. The molecule has 1 heterocycles. The molecule has 1 N–H and O–H groups in total. The highest BCUT2D eigenvalue weighted by molar-refractivity contribution is 7.15. The SMILES string of the molecule is C=CCCC(=O)Nc1nnc(Cc2ccc(C)cc2)s1. The van der Waals surface area contributed by atoms with E-state index in [0.29, 0.717) is 18.0 Å². The summed E-state index contributed by atoms with van der Waals surface area (Å²) in [4.78, 5) is 11.6.